The average molecular weight is 477 g/mol. The zero-order chi connectivity index (χ0) is 24.4. The lowest BCUT2D eigenvalue weighted by Gasteiger charge is -2.43. The van der Waals surface area contributed by atoms with Gasteiger partial charge in [-0.3, -0.25) is 9.59 Å². The molecule has 7 nitrogen and oxygen atoms in total. The predicted molar refractivity (Wildman–Crippen MR) is 131 cm³/mol. The number of rotatable bonds is 10. The maximum atomic E-state index is 13.4. The van der Waals surface area contributed by atoms with E-state index in [-0.39, 0.29) is 37.9 Å². The first kappa shape index (κ1) is 23.4. The Labute approximate surface area is 205 Å². The molecular weight excluding hydrogens is 444 g/mol. The second-order valence-corrected chi connectivity index (χ2v) is 10.2. The number of hydrogen-bond donors (Lipinski definition) is 2. The summed E-state index contributed by atoms with van der Waals surface area (Å²) in [6, 6.07) is 16.4. The van der Waals surface area contributed by atoms with Crippen molar-refractivity contribution in [2.45, 2.75) is 44.4 Å². The number of aliphatic carboxylic acids is 1. The molecule has 0 radical (unpaired) electrons. The largest absolute Gasteiger partial charge is 0.481 e. The first-order valence-corrected chi connectivity index (χ1v) is 12.6. The van der Waals surface area contributed by atoms with Gasteiger partial charge in [0.25, 0.3) is 0 Å². The van der Waals surface area contributed by atoms with Crippen molar-refractivity contribution < 1.29 is 24.2 Å². The minimum atomic E-state index is -0.905. The quantitative estimate of drug-likeness (QED) is 0.530. The molecule has 35 heavy (non-hydrogen) atoms. The van der Waals surface area contributed by atoms with Crippen molar-refractivity contribution in [3.05, 3.63) is 59.7 Å². The number of carboxylic acids is 1. The molecule has 184 valence electrons. The summed E-state index contributed by atoms with van der Waals surface area (Å²) in [7, 11) is 0. The molecule has 3 aliphatic rings. The lowest BCUT2D eigenvalue weighted by atomic mass is 9.67. The van der Waals surface area contributed by atoms with E-state index < -0.39 is 17.5 Å². The highest BCUT2D eigenvalue weighted by molar-refractivity contribution is 5.85. The molecule has 7 heteroatoms. The van der Waals surface area contributed by atoms with Crippen LogP contribution in [0, 0.1) is 11.3 Å². The van der Waals surface area contributed by atoms with Crippen molar-refractivity contribution >= 4 is 18.0 Å². The third kappa shape index (κ3) is 4.90. The summed E-state index contributed by atoms with van der Waals surface area (Å²) < 4.78 is 5.64. The molecule has 0 aliphatic heterocycles. The normalized spacial score (nSPS) is 17.6. The van der Waals surface area contributed by atoms with Crippen LogP contribution in [0.15, 0.2) is 48.5 Å². The van der Waals surface area contributed by atoms with Crippen LogP contribution in [0.4, 0.5) is 4.79 Å². The van der Waals surface area contributed by atoms with Gasteiger partial charge in [0.1, 0.15) is 6.61 Å². The van der Waals surface area contributed by atoms with Crippen LogP contribution < -0.4 is 5.32 Å². The van der Waals surface area contributed by atoms with Gasteiger partial charge in [-0.05, 0) is 53.9 Å². The number of alkyl carbamates (subject to hydrolysis) is 1. The van der Waals surface area contributed by atoms with Gasteiger partial charge in [0.05, 0.1) is 11.8 Å². The standard InChI is InChI=1S/C28H32N2O5/c31-25(32)12-15-30(16-19-10-11-19)26(33)28(13-5-14-28)18-29-27(34)35-17-24-22-8-3-1-6-20(22)21-7-2-4-9-23(21)24/h1-4,6-9,19,24H,5,10-18H2,(H,29,34)(H,31,32). The maximum absolute atomic E-state index is 13.4. The average Bonchev–Trinajstić information content (AvgIpc) is 3.60. The van der Waals surface area contributed by atoms with E-state index in [1.165, 1.54) is 11.1 Å². The molecule has 2 saturated carbocycles. The van der Waals surface area contributed by atoms with Crippen LogP contribution in [0.1, 0.15) is 55.6 Å². The second kappa shape index (κ2) is 9.72. The molecule has 2 aromatic rings. The van der Waals surface area contributed by atoms with Crippen molar-refractivity contribution in [3.63, 3.8) is 0 Å². The molecule has 0 saturated heterocycles. The molecule has 3 aliphatic carbocycles. The van der Waals surface area contributed by atoms with Crippen molar-refractivity contribution in [2.75, 3.05) is 26.2 Å². The molecular formula is C28H32N2O5. The van der Waals surface area contributed by atoms with E-state index in [0.717, 1.165) is 30.4 Å². The predicted octanol–water partition coefficient (Wildman–Crippen LogP) is 4.41. The van der Waals surface area contributed by atoms with E-state index in [1.807, 2.05) is 24.3 Å². The number of carbonyl (C=O) groups is 3. The lowest BCUT2D eigenvalue weighted by Crippen LogP contribution is -2.54. The number of carbonyl (C=O) groups excluding carboxylic acids is 2. The topological polar surface area (TPSA) is 95.9 Å². The lowest BCUT2D eigenvalue weighted by molar-refractivity contribution is -0.148. The molecule has 0 spiro atoms. The van der Waals surface area contributed by atoms with E-state index in [2.05, 4.69) is 29.6 Å². The Kier molecular flexibility index (Phi) is 6.50. The van der Waals surface area contributed by atoms with Crippen LogP contribution in [0.2, 0.25) is 0 Å². The molecule has 2 fully saturated rings. The summed E-state index contributed by atoms with van der Waals surface area (Å²) in [4.78, 5) is 38.9. The van der Waals surface area contributed by atoms with Gasteiger partial charge >= 0.3 is 12.1 Å². The fourth-order valence-electron chi connectivity index (χ4n) is 5.41. The third-order valence-electron chi connectivity index (χ3n) is 7.74. The van der Waals surface area contributed by atoms with Crippen molar-refractivity contribution in [1.82, 2.24) is 10.2 Å². The van der Waals surface area contributed by atoms with Gasteiger partial charge in [-0.15, -0.1) is 0 Å². The highest BCUT2D eigenvalue weighted by atomic mass is 16.5. The number of hydrogen-bond acceptors (Lipinski definition) is 4. The maximum Gasteiger partial charge on any atom is 0.407 e. The van der Waals surface area contributed by atoms with Gasteiger partial charge in [-0.25, -0.2) is 4.79 Å². The summed E-state index contributed by atoms with van der Waals surface area (Å²) in [5.74, 6) is -0.480. The second-order valence-electron chi connectivity index (χ2n) is 10.2. The molecule has 5 rings (SSSR count). The summed E-state index contributed by atoms with van der Waals surface area (Å²) in [5.41, 5.74) is 4.00. The first-order chi connectivity index (χ1) is 17.0. The Hall–Kier alpha value is -3.35. The summed E-state index contributed by atoms with van der Waals surface area (Å²) in [5, 5.41) is 11.9. The zero-order valence-electron chi connectivity index (χ0n) is 19.9. The Balaban J connectivity index is 1.19. The number of fused-ring (bicyclic) bond motifs is 3. The summed E-state index contributed by atoms with van der Waals surface area (Å²) in [6.45, 7) is 1.28. The van der Waals surface area contributed by atoms with Crippen molar-refractivity contribution in [1.29, 1.82) is 0 Å². The van der Waals surface area contributed by atoms with Crippen molar-refractivity contribution in [3.8, 4) is 11.1 Å². The Morgan fingerprint density at radius 2 is 1.63 bits per heavy atom. The molecule has 0 heterocycles. The molecule has 2 N–H and O–H groups in total. The fraction of sp³-hybridized carbons (Fsp3) is 0.464. The Bertz CT molecular complexity index is 1080. The van der Waals surface area contributed by atoms with Crippen molar-refractivity contribution in [2.24, 2.45) is 11.3 Å². The zero-order valence-corrected chi connectivity index (χ0v) is 19.9. The summed E-state index contributed by atoms with van der Waals surface area (Å²) in [6.07, 6.45) is 3.91. The molecule has 2 amide bonds. The number of ether oxygens (including phenoxy) is 1. The van der Waals surface area contributed by atoms with Gasteiger partial charge in [-0.2, -0.15) is 0 Å². The Morgan fingerprint density at radius 3 is 2.17 bits per heavy atom. The number of amides is 2. The molecule has 2 aromatic carbocycles. The highest BCUT2D eigenvalue weighted by Gasteiger charge is 2.47. The fourth-order valence-corrected chi connectivity index (χ4v) is 5.41. The molecule has 0 bridgehead atoms. The van der Waals surface area contributed by atoms with Gasteiger partial charge in [0.15, 0.2) is 0 Å². The van der Waals surface area contributed by atoms with Crippen LogP contribution in [-0.2, 0) is 14.3 Å². The number of nitrogens with one attached hydrogen (secondary N) is 1. The van der Waals surface area contributed by atoms with E-state index in [0.29, 0.717) is 25.3 Å². The van der Waals surface area contributed by atoms with Crippen LogP contribution in [-0.4, -0.2) is 54.2 Å². The van der Waals surface area contributed by atoms with Gasteiger partial charge in [0, 0.05) is 25.6 Å². The van der Waals surface area contributed by atoms with E-state index in [4.69, 9.17) is 9.84 Å². The summed E-state index contributed by atoms with van der Waals surface area (Å²) >= 11 is 0. The number of nitrogens with zero attached hydrogens (tertiary/aromatic N) is 1. The monoisotopic (exact) mass is 476 g/mol. The highest BCUT2D eigenvalue weighted by Crippen LogP contribution is 2.45. The minimum absolute atomic E-state index is 0.0162. The third-order valence-corrected chi connectivity index (χ3v) is 7.74. The van der Waals surface area contributed by atoms with E-state index in [1.54, 1.807) is 4.90 Å². The van der Waals surface area contributed by atoms with Crippen LogP contribution >= 0.6 is 0 Å². The number of benzene rings is 2. The van der Waals surface area contributed by atoms with Crippen LogP contribution in [0.5, 0.6) is 0 Å². The minimum Gasteiger partial charge on any atom is -0.481 e. The van der Waals surface area contributed by atoms with E-state index in [9.17, 15) is 14.4 Å². The Morgan fingerprint density at radius 1 is 1.00 bits per heavy atom. The smallest absolute Gasteiger partial charge is 0.407 e. The SMILES string of the molecule is O=C(O)CCN(CC1CC1)C(=O)C1(CNC(=O)OCC2c3ccccc3-c3ccccc32)CCC1. The van der Waals surface area contributed by atoms with Crippen LogP contribution in [0.3, 0.4) is 0 Å². The molecule has 0 aromatic heterocycles. The van der Waals surface area contributed by atoms with E-state index >= 15 is 0 Å². The number of carboxylic acid groups (broad SMARTS) is 1. The van der Waals surface area contributed by atoms with Gasteiger partial charge in [-0.1, -0.05) is 55.0 Å². The first-order valence-electron chi connectivity index (χ1n) is 12.6. The molecule has 0 unspecified atom stereocenters. The van der Waals surface area contributed by atoms with Gasteiger partial charge < -0.3 is 20.1 Å². The molecule has 0 atom stereocenters. The van der Waals surface area contributed by atoms with Crippen LogP contribution in [0.25, 0.3) is 11.1 Å². The van der Waals surface area contributed by atoms with Gasteiger partial charge in [0.2, 0.25) is 5.91 Å².